The van der Waals surface area contributed by atoms with Gasteiger partial charge in [0.05, 0.1) is 30.0 Å². The van der Waals surface area contributed by atoms with Gasteiger partial charge in [0.25, 0.3) is 5.91 Å². The van der Waals surface area contributed by atoms with E-state index in [9.17, 15) is 27.5 Å². The number of nitrogens with one attached hydrogen (secondary N) is 2. The first-order chi connectivity index (χ1) is 15.6. The van der Waals surface area contributed by atoms with Gasteiger partial charge in [0.1, 0.15) is 17.2 Å². The van der Waals surface area contributed by atoms with Crippen molar-refractivity contribution in [3.8, 4) is 0 Å². The number of amides is 1. The van der Waals surface area contributed by atoms with Crippen LogP contribution in [0.5, 0.6) is 0 Å². The standard InChI is InChI=1S/C23H18F4IN3O2/c24-13-1-4-15(5-2-13)29-10-23(33)11-31(12-23)22(32)16-6-7-17(25)20(27)21(16)30-19-8-3-14(28)9-18(19)26/h1-9,29-30,33H,10-12H2. The van der Waals surface area contributed by atoms with E-state index in [2.05, 4.69) is 10.6 Å². The van der Waals surface area contributed by atoms with E-state index < -0.39 is 34.6 Å². The smallest absolute Gasteiger partial charge is 0.256 e. The third-order valence-corrected chi connectivity index (χ3v) is 5.91. The highest BCUT2D eigenvalue weighted by Gasteiger charge is 2.44. The normalized spacial score (nSPS) is 14.5. The molecule has 0 saturated carbocycles. The van der Waals surface area contributed by atoms with Crippen LogP contribution in [-0.2, 0) is 0 Å². The molecule has 3 aromatic carbocycles. The first-order valence-electron chi connectivity index (χ1n) is 9.86. The highest BCUT2D eigenvalue weighted by molar-refractivity contribution is 14.1. The number of halogens is 5. The number of likely N-dealkylation sites (tertiary alicyclic amines) is 1. The number of aliphatic hydroxyl groups is 1. The van der Waals surface area contributed by atoms with Crippen molar-refractivity contribution in [2.75, 3.05) is 30.3 Å². The first kappa shape index (κ1) is 23.3. The topological polar surface area (TPSA) is 64.6 Å². The number of benzene rings is 3. The fraction of sp³-hybridized carbons (Fsp3) is 0.174. The van der Waals surface area contributed by atoms with Gasteiger partial charge < -0.3 is 20.6 Å². The summed E-state index contributed by atoms with van der Waals surface area (Å²) in [5.74, 6) is -4.22. The number of nitrogens with zero attached hydrogens (tertiary/aromatic N) is 1. The van der Waals surface area contributed by atoms with Gasteiger partial charge >= 0.3 is 0 Å². The number of carbonyl (C=O) groups is 1. The molecule has 33 heavy (non-hydrogen) atoms. The van der Waals surface area contributed by atoms with Gasteiger partial charge in [-0.1, -0.05) is 0 Å². The van der Waals surface area contributed by atoms with Crippen molar-refractivity contribution >= 4 is 45.6 Å². The molecule has 5 nitrogen and oxygen atoms in total. The van der Waals surface area contributed by atoms with Gasteiger partial charge in [-0.2, -0.15) is 0 Å². The predicted octanol–water partition coefficient (Wildman–Crippen LogP) is 4.89. The number of β-amino-alcohol motifs (C(OH)–C–C–N with tert-alkyl or cyclic N) is 1. The molecule has 3 N–H and O–H groups in total. The summed E-state index contributed by atoms with van der Waals surface area (Å²) < 4.78 is 56.3. The van der Waals surface area contributed by atoms with E-state index in [-0.39, 0.29) is 36.7 Å². The van der Waals surface area contributed by atoms with Crippen molar-refractivity contribution in [1.29, 1.82) is 0 Å². The molecule has 0 aromatic heterocycles. The van der Waals surface area contributed by atoms with Crippen molar-refractivity contribution in [2.45, 2.75) is 5.60 Å². The van der Waals surface area contributed by atoms with Crippen LogP contribution in [0.15, 0.2) is 54.6 Å². The lowest BCUT2D eigenvalue weighted by atomic mass is 9.92. The number of hydrogen-bond acceptors (Lipinski definition) is 4. The van der Waals surface area contributed by atoms with Gasteiger partial charge in [-0.05, 0) is 77.2 Å². The Morgan fingerprint density at radius 2 is 1.70 bits per heavy atom. The van der Waals surface area contributed by atoms with Crippen molar-refractivity contribution < 1.29 is 27.5 Å². The molecular formula is C23H18F4IN3O2. The molecule has 1 amide bonds. The van der Waals surface area contributed by atoms with Crippen LogP contribution < -0.4 is 10.6 Å². The Labute approximate surface area is 200 Å². The van der Waals surface area contributed by atoms with E-state index in [1.807, 2.05) is 22.6 Å². The minimum Gasteiger partial charge on any atom is -0.384 e. The molecule has 0 radical (unpaired) electrons. The second-order valence-electron chi connectivity index (χ2n) is 7.78. The summed E-state index contributed by atoms with van der Waals surface area (Å²) in [6.07, 6.45) is 0. The Bertz CT molecular complexity index is 1200. The molecule has 1 aliphatic rings. The monoisotopic (exact) mass is 571 g/mol. The minimum atomic E-state index is -1.31. The Balaban J connectivity index is 1.48. The summed E-state index contributed by atoms with van der Waals surface area (Å²) in [4.78, 5) is 14.2. The van der Waals surface area contributed by atoms with Crippen LogP contribution in [0.1, 0.15) is 10.4 Å². The lowest BCUT2D eigenvalue weighted by Gasteiger charge is -2.46. The molecule has 1 heterocycles. The molecule has 3 aromatic rings. The summed E-state index contributed by atoms with van der Waals surface area (Å²) in [5, 5.41) is 16.1. The highest BCUT2D eigenvalue weighted by Crippen LogP contribution is 2.32. The van der Waals surface area contributed by atoms with E-state index in [4.69, 9.17) is 0 Å². The minimum absolute atomic E-state index is 0.0592. The summed E-state index contributed by atoms with van der Waals surface area (Å²) in [6, 6.07) is 11.7. The summed E-state index contributed by atoms with van der Waals surface area (Å²) in [5.41, 5.74) is -1.45. The number of rotatable bonds is 6. The Hall–Kier alpha value is -2.86. The maximum absolute atomic E-state index is 14.6. The third kappa shape index (κ3) is 5.06. The molecule has 0 atom stereocenters. The second kappa shape index (κ2) is 9.18. The molecule has 0 spiro atoms. The predicted molar refractivity (Wildman–Crippen MR) is 125 cm³/mol. The summed E-state index contributed by atoms with van der Waals surface area (Å²) in [6.45, 7) is -0.0220. The number of hydrogen-bond donors (Lipinski definition) is 3. The zero-order chi connectivity index (χ0) is 23.8. The van der Waals surface area contributed by atoms with Crippen molar-refractivity contribution in [2.24, 2.45) is 0 Å². The second-order valence-corrected chi connectivity index (χ2v) is 9.02. The zero-order valence-corrected chi connectivity index (χ0v) is 19.2. The fourth-order valence-corrected chi connectivity index (χ4v) is 3.95. The van der Waals surface area contributed by atoms with Crippen LogP contribution >= 0.6 is 22.6 Å². The Morgan fingerprint density at radius 3 is 2.36 bits per heavy atom. The summed E-state index contributed by atoms with van der Waals surface area (Å²) in [7, 11) is 0. The van der Waals surface area contributed by atoms with E-state index >= 15 is 0 Å². The first-order valence-corrected chi connectivity index (χ1v) is 10.9. The number of carbonyl (C=O) groups excluding carboxylic acids is 1. The van der Waals surface area contributed by atoms with Crippen LogP contribution in [0.2, 0.25) is 0 Å². The van der Waals surface area contributed by atoms with Crippen molar-refractivity contribution in [3.63, 3.8) is 0 Å². The van der Waals surface area contributed by atoms with Crippen LogP contribution in [0, 0.1) is 26.8 Å². The van der Waals surface area contributed by atoms with Crippen LogP contribution in [-0.4, -0.2) is 41.1 Å². The maximum Gasteiger partial charge on any atom is 0.256 e. The average Bonchev–Trinajstić information content (AvgIpc) is 2.76. The van der Waals surface area contributed by atoms with Gasteiger partial charge in [0.15, 0.2) is 11.6 Å². The van der Waals surface area contributed by atoms with Crippen LogP contribution in [0.4, 0.5) is 34.6 Å². The highest BCUT2D eigenvalue weighted by atomic mass is 127. The molecule has 1 fully saturated rings. The van der Waals surface area contributed by atoms with Gasteiger partial charge in [0.2, 0.25) is 0 Å². The van der Waals surface area contributed by atoms with Crippen molar-refractivity contribution in [3.05, 3.63) is 87.0 Å². The molecule has 4 rings (SSSR count). The fourth-order valence-electron chi connectivity index (χ4n) is 3.50. The van der Waals surface area contributed by atoms with Gasteiger partial charge in [-0.3, -0.25) is 4.79 Å². The van der Waals surface area contributed by atoms with E-state index in [0.29, 0.717) is 9.26 Å². The molecular weight excluding hydrogens is 553 g/mol. The molecule has 0 unspecified atom stereocenters. The van der Waals surface area contributed by atoms with Gasteiger partial charge in [-0.15, -0.1) is 0 Å². The maximum atomic E-state index is 14.6. The Kier molecular flexibility index (Phi) is 6.48. The quantitative estimate of drug-likeness (QED) is 0.292. The molecule has 0 aliphatic carbocycles. The van der Waals surface area contributed by atoms with Crippen LogP contribution in [0.3, 0.4) is 0 Å². The lowest BCUT2D eigenvalue weighted by Crippen LogP contribution is -2.66. The molecule has 0 bridgehead atoms. The Morgan fingerprint density at radius 1 is 1.00 bits per heavy atom. The van der Waals surface area contributed by atoms with Gasteiger partial charge in [0, 0.05) is 15.8 Å². The molecule has 10 heteroatoms. The average molecular weight is 571 g/mol. The number of anilines is 3. The van der Waals surface area contributed by atoms with E-state index in [0.717, 1.165) is 12.1 Å². The molecule has 1 aliphatic heterocycles. The van der Waals surface area contributed by atoms with Gasteiger partial charge in [-0.25, -0.2) is 17.6 Å². The van der Waals surface area contributed by atoms with E-state index in [1.54, 1.807) is 6.07 Å². The molecule has 1 saturated heterocycles. The lowest BCUT2D eigenvalue weighted by molar-refractivity contribution is -0.0706. The SMILES string of the molecule is O=C(c1ccc(F)c(F)c1Nc1ccc(I)cc1F)N1CC(O)(CNc2ccc(F)cc2)C1. The van der Waals surface area contributed by atoms with Crippen LogP contribution in [0.25, 0.3) is 0 Å². The summed E-state index contributed by atoms with van der Waals surface area (Å²) >= 11 is 1.91. The van der Waals surface area contributed by atoms with Crippen molar-refractivity contribution in [1.82, 2.24) is 4.90 Å². The zero-order valence-electron chi connectivity index (χ0n) is 17.0. The largest absolute Gasteiger partial charge is 0.384 e. The third-order valence-electron chi connectivity index (χ3n) is 5.24. The van der Waals surface area contributed by atoms with E-state index in [1.165, 1.54) is 41.3 Å². The molecule has 172 valence electrons.